The van der Waals surface area contributed by atoms with Crippen molar-refractivity contribution >= 4 is 5.82 Å². The van der Waals surface area contributed by atoms with Crippen LogP contribution < -0.4 is 5.73 Å². The van der Waals surface area contributed by atoms with Crippen molar-refractivity contribution in [1.29, 1.82) is 0 Å². The summed E-state index contributed by atoms with van der Waals surface area (Å²) in [6.07, 6.45) is 0.436. The Hall–Kier alpha value is -2.09. The SMILES string of the molecule is Nc1cc(CN2CCC[C@H](n3ccc(C(F)(F)F)n3)C2)ccn1. The predicted octanol–water partition coefficient (Wildman–Crippen LogP) is 2.72. The molecule has 124 valence electrons. The number of nitrogens with two attached hydrogens (primary N) is 1. The van der Waals surface area contributed by atoms with Gasteiger partial charge in [-0.15, -0.1) is 0 Å². The molecule has 1 fully saturated rings. The first-order valence-electron chi connectivity index (χ1n) is 7.47. The molecule has 23 heavy (non-hydrogen) atoms. The van der Waals surface area contributed by atoms with Gasteiger partial charge < -0.3 is 5.73 Å². The summed E-state index contributed by atoms with van der Waals surface area (Å²) in [5.41, 5.74) is 5.89. The number of rotatable bonds is 3. The van der Waals surface area contributed by atoms with Gasteiger partial charge in [0.05, 0.1) is 6.04 Å². The largest absolute Gasteiger partial charge is 0.435 e. The van der Waals surface area contributed by atoms with Crippen molar-refractivity contribution in [2.45, 2.75) is 31.6 Å². The smallest absolute Gasteiger partial charge is 0.384 e. The van der Waals surface area contributed by atoms with Gasteiger partial charge >= 0.3 is 6.18 Å². The van der Waals surface area contributed by atoms with E-state index in [-0.39, 0.29) is 6.04 Å². The van der Waals surface area contributed by atoms with Crippen LogP contribution in [0.3, 0.4) is 0 Å². The summed E-state index contributed by atoms with van der Waals surface area (Å²) in [5, 5.41) is 3.70. The van der Waals surface area contributed by atoms with Crippen LogP contribution in [-0.2, 0) is 12.7 Å². The third-order valence-electron chi connectivity index (χ3n) is 4.01. The summed E-state index contributed by atoms with van der Waals surface area (Å²) in [4.78, 5) is 6.17. The van der Waals surface area contributed by atoms with Crippen LogP contribution in [0, 0.1) is 0 Å². The Bertz CT molecular complexity index is 667. The quantitative estimate of drug-likeness (QED) is 0.942. The highest BCUT2D eigenvalue weighted by Crippen LogP contribution is 2.29. The monoisotopic (exact) mass is 325 g/mol. The van der Waals surface area contributed by atoms with Crippen LogP contribution in [0.15, 0.2) is 30.6 Å². The minimum Gasteiger partial charge on any atom is -0.384 e. The Labute approximate surface area is 131 Å². The van der Waals surface area contributed by atoms with Crippen LogP contribution in [0.2, 0.25) is 0 Å². The number of hydrogen-bond donors (Lipinski definition) is 1. The van der Waals surface area contributed by atoms with Crippen molar-refractivity contribution in [3.05, 3.63) is 41.9 Å². The fourth-order valence-electron chi connectivity index (χ4n) is 2.93. The molecule has 5 nitrogen and oxygen atoms in total. The first-order valence-corrected chi connectivity index (χ1v) is 7.47. The first-order chi connectivity index (χ1) is 10.9. The second-order valence-electron chi connectivity index (χ2n) is 5.80. The summed E-state index contributed by atoms with van der Waals surface area (Å²) < 4.78 is 39.4. The Kier molecular flexibility index (Phi) is 4.25. The van der Waals surface area contributed by atoms with Crippen molar-refractivity contribution in [2.24, 2.45) is 0 Å². The minimum atomic E-state index is -4.39. The van der Waals surface area contributed by atoms with Gasteiger partial charge in [-0.25, -0.2) is 4.98 Å². The molecule has 0 spiro atoms. The molecule has 1 saturated heterocycles. The average Bonchev–Trinajstić information content (AvgIpc) is 2.97. The Balaban J connectivity index is 1.67. The van der Waals surface area contributed by atoms with Crippen molar-refractivity contribution in [1.82, 2.24) is 19.7 Å². The minimum absolute atomic E-state index is 0.0426. The predicted molar refractivity (Wildman–Crippen MR) is 79.4 cm³/mol. The fourth-order valence-corrected chi connectivity index (χ4v) is 2.93. The molecule has 3 rings (SSSR count). The highest BCUT2D eigenvalue weighted by atomic mass is 19.4. The Morgan fingerprint density at radius 3 is 2.83 bits per heavy atom. The van der Waals surface area contributed by atoms with Crippen LogP contribution >= 0.6 is 0 Å². The van der Waals surface area contributed by atoms with E-state index in [1.807, 2.05) is 12.1 Å². The van der Waals surface area contributed by atoms with Crippen molar-refractivity contribution < 1.29 is 13.2 Å². The van der Waals surface area contributed by atoms with Gasteiger partial charge in [0.15, 0.2) is 5.69 Å². The summed E-state index contributed by atoms with van der Waals surface area (Å²) in [5.74, 6) is 0.470. The number of anilines is 1. The molecule has 1 aliphatic rings. The maximum atomic E-state index is 12.7. The van der Waals surface area contributed by atoms with Crippen molar-refractivity contribution in [3.63, 3.8) is 0 Å². The van der Waals surface area contributed by atoms with E-state index in [4.69, 9.17) is 5.73 Å². The van der Waals surface area contributed by atoms with E-state index in [9.17, 15) is 13.2 Å². The van der Waals surface area contributed by atoms with Gasteiger partial charge in [0.2, 0.25) is 0 Å². The zero-order valence-corrected chi connectivity index (χ0v) is 12.5. The third-order valence-corrected chi connectivity index (χ3v) is 4.01. The number of alkyl halides is 3. The lowest BCUT2D eigenvalue weighted by Crippen LogP contribution is -2.36. The first kappa shape index (κ1) is 15.8. The summed E-state index contributed by atoms with van der Waals surface area (Å²) in [6.45, 7) is 2.28. The molecule has 8 heteroatoms. The number of hydrogen-bond acceptors (Lipinski definition) is 4. The molecule has 2 aromatic rings. The maximum Gasteiger partial charge on any atom is 0.435 e. The molecule has 0 aliphatic carbocycles. The summed E-state index contributed by atoms with van der Waals surface area (Å²) in [7, 11) is 0. The lowest BCUT2D eigenvalue weighted by molar-refractivity contribution is -0.141. The van der Waals surface area contributed by atoms with Crippen LogP contribution in [0.25, 0.3) is 0 Å². The lowest BCUT2D eigenvalue weighted by Gasteiger charge is -2.32. The number of aromatic nitrogens is 3. The van der Waals surface area contributed by atoms with Crippen molar-refractivity contribution in [2.75, 3.05) is 18.8 Å². The number of halogens is 3. The van der Waals surface area contributed by atoms with E-state index in [0.29, 0.717) is 18.9 Å². The second-order valence-corrected chi connectivity index (χ2v) is 5.80. The van der Waals surface area contributed by atoms with Gasteiger partial charge in [0, 0.05) is 25.5 Å². The van der Waals surface area contributed by atoms with Crippen LogP contribution in [0.5, 0.6) is 0 Å². The molecular weight excluding hydrogens is 307 g/mol. The number of piperidine rings is 1. The van der Waals surface area contributed by atoms with Crippen LogP contribution in [0.4, 0.5) is 19.0 Å². The molecule has 2 N–H and O–H groups in total. The zero-order valence-electron chi connectivity index (χ0n) is 12.5. The molecule has 1 aliphatic heterocycles. The van der Waals surface area contributed by atoms with E-state index >= 15 is 0 Å². The average molecular weight is 325 g/mol. The number of likely N-dealkylation sites (tertiary alicyclic amines) is 1. The molecule has 1 atom stereocenters. The number of pyridine rings is 1. The Morgan fingerprint density at radius 2 is 2.13 bits per heavy atom. The molecule has 0 amide bonds. The van der Waals surface area contributed by atoms with E-state index in [2.05, 4.69) is 15.0 Å². The van der Waals surface area contributed by atoms with E-state index in [1.54, 1.807) is 6.20 Å². The highest BCUT2D eigenvalue weighted by Gasteiger charge is 2.34. The Morgan fingerprint density at radius 1 is 1.30 bits per heavy atom. The van der Waals surface area contributed by atoms with Gasteiger partial charge in [0.25, 0.3) is 0 Å². The molecule has 0 radical (unpaired) electrons. The molecular formula is C15H18F3N5. The molecule has 0 unspecified atom stereocenters. The number of nitrogens with zero attached hydrogens (tertiary/aromatic N) is 4. The molecule has 0 bridgehead atoms. The van der Waals surface area contributed by atoms with Gasteiger partial charge in [-0.1, -0.05) is 0 Å². The lowest BCUT2D eigenvalue weighted by atomic mass is 10.1. The molecule has 2 aromatic heterocycles. The van der Waals surface area contributed by atoms with E-state index < -0.39 is 11.9 Å². The van der Waals surface area contributed by atoms with Gasteiger partial charge in [-0.3, -0.25) is 9.58 Å². The third kappa shape index (κ3) is 3.82. The van der Waals surface area contributed by atoms with E-state index in [1.165, 1.54) is 10.9 Å². The maximum absolute atomic E-state index is 12.7. The zero-order chi connectivity index (χ0) is 16.4. The standard InChI is InChI=1S/C15H18F3N5/c16-15(17,18)13-4-7-23(21-13)12-2-1-6-22(10-12)9-11-3-5-20-14(19)8-11/h3-5,7-8,12H,1-2,6,9-10H2,(H2,19,20)/t12-/m0/s1. The molecule has 3 heterocycles. The van der Waals surface area contributed by atoms with Crippen LogP contribution in [0.1, 0.15) is 30.1 Å². The summed E-state index contributed by atoms with van der Waals surface area (Å²) >= 11 is 0. The molecule has 0 aromatic carbocycles. The van der Waals surface area contributed by atoms with Gasteiger partial charge in [-0.2, -0.15) is 18.3 Å². The number of nitrogen functional groups attached to an aromatic ring is 1. The van der Waals surface area contributed by atoms with E-state index in [0.717, 1.165) is 31.0 Å². The second kappa shape index (κ2) is 6.19. The van der Waals surface area contributed by atoms with Crippen LogP contribution in [-0.4, -0.2) is 32.8 Å². The van der Waals surface area contributed by atoms with Crippen molar-refractivity contribution in [3.8, 4) is 0 Å². The fraction of sp³-hybridized carbons (Fsp3) is 0.467. The molecule has 0 saturated carbocycles. The van der Waals surface area contributed by atoms with Gasteiger partial charge in [-0.05, 0) is 43.1 Å². The topological polar surface area (TPSA) is 60.0 Å². The van der Waals surface area contributed by atoms with Gasteiger partial charge in [0.1, 0.15) is 5.82 Å². The highest BCUT2D eigenvalue weighted by molar-refractivity contribution is 5.31. The summed E-state index contributed by atoms with van der Waals surface area (Å²) in [6, 6.07) is 4.70. The normalized spacial score (nSPS) is 19.9.